The number of methoxy groups -OCH3 is 1. The van der Waals surface area contributed by atoms with E-state index in [0.717, 1.165) is 0 Å². The van der Waals surface area contributed by atoms with Crippen LogP contribution in [0.15, 0.2) is 6.07 Å². The van der Waals surface area contributed by atoms with E-state index in [1.807, 2.05) is 27.9 Å². The number of aliphatic hydroxyl groups is 1. The lowest BCUT2D eigenvalue weighted by Gasteiger charge is -2.33. The van der Waals surface area contributed by atoms with Gasteiger partial charge in [-0.15, -0.1) is 5.10 Å². The Kier molecular flexibility index (Phi) is 5.06. The molecule has 0 aliphatic carbocycles. The number of rotatable bonds is 4. The Labute approximate surface area is 136 Å². The molecule has 0 spiro atoms. The lowest BCUT2D eigenvalue weighted by Crippen LogP contribution is -2.49. The first-order valence-electron chi connectivity index (χ1n) is 7.54. The van der Waals surface area contributed by atoms with Crippen LogP contribution in [0.25, 0.3) is 0 Å². The number of aromatic nitrogens is 2. The molecule has 0 saturated carbocycles. The van der Waals surface area contributed by atoms with Crippen molar-refractivity contribution in [1.82, 2.24) is 15.1 Å². The van der Waals surface area contributed by atoms with Gasteiger partial charge in [0.25, 0.3) is 0 Å². The fourth-order valence-electron chi connectivity index (χ4n) is 2.81. The van der Waals surface area contributed by atoms with E-state index in [-0.39, 0.29) is 18.7 Å². The van der Waals surface area contributed by atoms with Crippen molar-refractivity contribution >= 4 is 17.5 Å². The molecule has 2 atom stereocenters. The minimum atomic E-state index is -0.640. The predicted octanol–water partition coefficient (Wildman–Crippen LogP) is 0.855. The Morgan fingerprint density at radius 1 is 1.57 bits per heavy atom. The monoisotopic (exact) mass is 323 g/mol. The number of nitrogens with zero attached hydrogens (tertiary/aromatic N) is 4. The molecule has 0 radical (unpaired) electrons. The van der Waals surface area contributed by atoms with Gasteiger partial charge >= 0.3 is 6.03 Å². The largest absolute Gasteiger partial charge is 0.394 e. The highest BCUT2D eigenvalue weighted by Crippen LogP contribution is 2.31. The molecule has 2 heterocycles. The molecule has 0 aromatic carbocycles. The SMILES string of the molecule is COC1CN(C(=O)Nc2cc(C)nnc2N(C)C)C(C)(CO)C1. The highest BCUT2D eigenvalue weighted by Gasteiger charge is 2.44. The second-order valence-electron chi connectivity index (χ2n) is 6.38. The quantitative estimate of drug-likeness (QED) is 0.854. The van der Waals surface area contributed by atoms with Crippen LogP contribution >= 0.6 is 0 Å². The summed E-state index contributed by atoms with van der Waals surface area (Å²) in [6.07, 6.45) is 0.519. The third kappa shape index (κ3) is 3.53. The fraction of sp³-hybridized carbons (Fsp3) is 0.667. The van der Waals surface area contributed by atoms with Gasteiger partial charge in [0.15, 0.2) is 5.82 Å². The normalized spacial score (nSPS) is 23.9. The third-order valence-corrected chi connectivity index (χ3v) is 4.19. The first-order valence-corrected chi connectivity index (χ1v) is 7.54. The van der Waals surface area contributed by atoms with Crippen LogP contribution < -0.4 is 10.2 Å². The molecule has 1 fully saturated rings. The van der Waals surface area contributed by atoms with Crippen molar-refractivity contribution in [2.75, 3.05) is 44.6 Å². The molecule has 1 aromatic rings. The number of hydrogen-bond acceptors (Lipinski definition) is 6. The lowest BCUT2D eigenvalue weighted by atomic mass is 10.00. The summed E-state index contributed by atoms with van der Waals surface area (Å²) >= 11 is 0. The highest BCUT2D eigenvalue weighted by atomic mass is 16.5. The van der Waals surface area contributed by atoms with Crippen LogP contribution in [0, 0.1) is 6.92 Å². The maximum absolute atomic E-state index is 12.7. The summed E-state index contributed by atoms with van der Waals surface area (Å²) in [5.41, 5.74) is 0.666. The standard InChI is InChI=1S/C15H25N5O3/c1-10-6-12(13(18-17-10)19(3)4)16-14(22)20-8-11(23-5)7-15(20,2)9-21/h6,11,21H,7-9H2,1-5H3,(H,16,17,22). The van der Waals surface area contributed by atoms with E-state index >= 15 is 0 Å². The summed E-state index contributed by atoms with van der Waals surface area (Å²) in [5.74, 6) is 0.581. The molecule has 2 unspecified atom stereocenters. The maximum Gasteiger partial charge on any atom is 0.322 e. The van der Waals surface area contributed by atoms with Crippen LogP contribution in [0.5, 0.6) is 0 Å². The summed E-state index contributed by atoms with van der Waals surface area (Å²) in [5, 5.41) is 20.7. The molecule has 0 bridgehead atoms. The van der Waals surface area contributed by atoms with E-state index in [2.05, 4.69) is 15.5 Å². The third-order valence-electron chi connectivity index (χ3n) is 4.19. The number of carbonyl (C=O) groups excluding carboxylic acids is 1. The molecular formula is C15H25N5O3. The van der Waals surface area contributed by atoms with Crippen molar-refractivity contribution in [3.63, 3.8) is 0 Å². The van der Waals surface area contributed by atoms with Gasteiger partial charge in [0.2, 0.25) is 0 Å². The summed E-state index contributed by atoms with van der Waals surface area (Å²) < 4.78 is 5.36. The maximum atomic E-state index is 12.7. The zero-order chi connectivity index (χ0) is 17.2. The van der Waals surface area contributed by atoms with Crippen LogP contribution in [-0.2, 0) is 4.74 Å². The summed E-state index contributed by atoms with van der Waals surface area (Å²) in [4.78, 5) is 16.1. The van der Waals surface area contributed by atoms with E-state index in [1.54, 1.807) is 23.0 Å². The minimum Gasteiger partial charge on any atom is -0.394 e. The number of aryl methyl sites for hydroxylation is 1. The van der Waals surface area contributed by atoms with Gasteiger partial charge in [0, 0.05) is 34.2 Å². The van der Waals surface area contributed by atoms with Crippen LogP contribution in [-0.4, -0.2) is 72.2 Å². The Hall–Kier alpha value is -1.93. The predicted molar refractivity (Wildman–Crippen MR) is 87.7 cm³/mol. The van der Waals surface area contributed by atoms with Crippen LogP contribution in [0.4, 0.5) is 16.3 Å². The lowest BCUT2D eigenvalue weighted by molar-refractivity contribution is 0.0985. The number of urea groups is 1. The Balaban J connectivity index is 2.23. The fourth-order valence-corrected chi connectivity index (χ4v) is 2.81. The van der Waals surface area contributed by atoms with E-state index < -0.39 is 5.54 Å². The summed E-state index contributed by atoms with van der Waals surface area (Å²) in [6.45, 7) is 3.99. The van der Waals surface area contributed by atoms with E-state index in [0.29, 0.717) is 30.2 Å². The number of anilines is 2. The molecule has 2 N–H and O–H groups in total. The molecule has 1 aromatic heterocycles. The van der Waals surface area contributed by atoms with Gasteiger partial charge in [0.05, 0.1) is 29.6 Å². The molecule has 1 aliphatic heterocycles. The molecule has 2 rings (SSSR count). The Morgan fingerprint density at radius 2 is 2.26 bits per heavy atom. The number of carbonyl (C=O) groups is 1. The van der Waals surface area contributed by atoms with Crippen LogP contribution in [0.3, 0.4) is 0 Å². The van der Waals surface area contributed by atoms with Gasteiger partial charge in [0.1, 0.15) is 0 Å². The zero-order valence-corrected chi connectivity index (χ0v) is 14.3. The van der Waals surface area contributed by atoms with Crippen molar-refractivity contribution in [1.29, 1.82) is 0 Å². The second kappa shape index (κ2) is 6.67. The molecule has 8 heteroatoms. The zero-order valence-electron chi connectivity index (χ0n) is 14.3. The summed E-state index contributed by atoms with van der Waals surface area (Å²) in [7, 11) is 5.29. The van der Waals surface area contributed by atoms with Gasteiger partial charge in [-0.1, -0.05) is 0 Å². The number of ether oxygens (including phenoxy) is 1. The Bertz CT molecular complexity index is 580. The van der Waals surface area contributed by atoms with Crippen molar-refractivity contribution in [3.05, 3.63) is 11.8 Å². The molecule has 2 amide bonds. The molecular weight excluding hydrogens is 298 g/mol. The smallest absolute Gasteiger partial charge is 0.322 e. The van der Waals surface area contributed by atoms with Crippen molar-refractivity contribution < 1.29 is 14.6 Å². The van der Waals surface area contributed by atoms with Gasteiger partial charge in [-0.25, -0.2) is 4.79 Å². The second-order valence-corrected chi connectivity index (χ2v) is 6.38. The van der Waals surface area contributed by atoms with E-state index in [1.165, 1.54) is 0 Å². The molecule has 1 aliphatic rings. The van der Waals surface area contributed by atoms with Gasteiger partial charge in [-0.05, 0) is 19.9 Å². The van der Waals surface area contributed by atoms with E-state index in [4.69, 9.17) is 4.74 Å². The molecule has 1 saturated heterocycles. The summed E-state index contributed by atoms with van der Waals surface area (Å²) in [6, 6.07) is 1.50. The number of amides is 2. The van der Waals surface area contributed by atoms with Crippen molar-refractivity contribution in [3.8, 4) is 0 Å². The average molecular weight is 323 g/mol. The molecule has 23 heavy (non-hydrogen) atoms. The Morgan fingerprint density at radius 3 is 2.83 bits per heavy atom. The van der Waals surface area contributed by atoms with Gasteiger partial charge in [-0.2, -0.15) is 5.10 Å². The van der Waals surface area contributed by atoms with Crippen molar-refractivity contribution in [2.24, 2.45) is 0 Å². The minimum absolute atomic E-state index is 0.0801. The average Bonchev–Trinajstić information content (AvgIpc) is 2.85. The first-order chi connectivity index (χ1) is 10.8. The topological polar surface area (TPSA) is 90.8 Å². The van der Waals surface area contributed by atoms with Gasteiger partial charge < -0.3 is 25.0 Å². The number of aliphatic hydroxyl groups excluding tert-OH is 1. The highest BCUT2D eigenvalue weighted by molar-refractivity contribution is 5.93. The van der Waals surface area contributed by atoms with Crippen LogP contribution in [0.1, 0.15) is 19.0 Å². The molecule has 8 nitrogen and oxygen atoms in total. The number of hydrogen-bond donors (Lipinski definition) is 2. The first kappa shape index (κ1) is 17.4. The van der Waals surface area contributed by atoms with Crippen molar-refractivity contribution in [2.45, 2.75) is 31.9 Å². The van der Waals surface area contributed by atoms with Crippen LogP contribution in [0.2, 0.25) is 0 Å². The number of likely N-dealkylation sites (tertiary alicyclic amines) is 1. The number of nitrogens with one attached hydrogen (secondary N) is 1. The molecule has 128 valence electrons. The van der Waals surface area contributed by atoms with Gasteiger partial charge in [-0.3, -0.25) is 0 Å². The van der Waals surface area contributed by atoms with E-state index in [9.17, 15) is 9.90 Å².